The number of nitrogens with zero attached hydrogens (tertiary/aromatic N) is 2. The van der Waals surface area contributed by atoms with Gasteiger partial charge in [-0.25, -0.2) is 0 Å². The Bertz CT molecular complexity index is 767. The van der Waals surface area contributed by atoms with E-state index in [9.17, 15) is 0 Å². The summed E-state index contributed by atoms with van der Waals surface area (Å²) in [5.74, 6) is 1.50. The van der Waals surface area contributed by atoms with Crippen LogP contribution in [0.2, 0.25) is 5.02 Å². The van der Waals surface area contributed by atoms with Crippen LogP contribution in [-0.4, -0.2) is 22.6 Å². The fourth-order valence-corrected chi connectivity index (χ4v) is 3.78. The first-order valence-corrected chi connectivity index (χ1v) is 9.61. The lowest BCUT2D eigenvalue weighted by Gasteiger charge is -2.06. The quantitative estimate of drug-likeness (QED) is 0.443. The van der Waals surface area contributed by atoms with Crippen LogP contribution < -0.4 is 10.1 Å². The maximum Gasteiger partial charge on any atom is 0.206 e. The number of nitrogens with one attached hydrogen (secondary N) is 1. The molecule has 0 saturated heterocycles. The average Bonchev–Trinajstić information content (AvgIpc) is 3.07. The number of hydrogen-bond donors (Lipinski definition) is 1. The molecule has 0 spiro atoms. The largest absolute Gasteiger partial charge is 0.491 e. The molecule has 0 saturated carbocycles. The van der Waals surface area contributed by atoms with Crippen molar-refractivity contribution in [3.8, 4) is 5.75 Å². The molecule has 3 rings (SSSR count). The van der Waals surface area contributed by atoms with Crippen molar-refractivity contribution in [3.63, 3.8) is 0 Å². The fourth-order valence-electron chi connectivity index (χ4n) is 1.96. The van der Waals surface area contributed by atoms with Gasteiger partial charge >= 0.3 is 0 Å². The van der Waals surface area contributed by atoms with Crippen LogP contribution >= 0.6 is 34.7 Å². The third kappa shape index (κ3) is 5.12. The number of halogens is 1. The lowest BCUT2D eigenvalue weighted by molar-refractivity contribution is 0.344. The summed E-state index contributed by atoms with van der Waals surface area (Å²) in [6.07, 6.45) is 0. The number of rotatable bonds is 8. The van der Waals surface area contributed by atoms with Gasteiger partial charge in [0.1, 0.15) is 5.75 Å². The molecule has 3 aromatic rings. The van der Waals surface area contributed by atoms with Crippen molar-refractivity contribution < 1.29 is 4.74 Å². The predicted molar refractivity (Wildman–Crippen MR) is 101 cm³/mol. The molecule has 7 heteroatoms. The molecule has 1 heterocycles. The third-order valence-electron chi connectivity index (χ3n) is 3.10. The zero-order valence-electron chi connectivity index (χ0n) is 12.8. The topological polar surface area (TPSA) is 47.0 Å². The van der Waals surface area contributed by atoms with E-state index in [0.717, 1.165) is 21.8 Å². The molecule has 0 fully saturated rings. The van der Waals surface area contributed by atoms with Gasteiger partial charge < -0.3 is 10.1 Å². The molecule has 1 aromatic heterocycles. The van der Waals surface area contributed by atoms with E-state index >= 15 is 0 Å². The first kappa shape index (κ1) is 17.1. The Hall–Kier alpha value is -1.76. The number of hydrogen-bond acceptors (Lipinski definition) is 6. The minimum Gasteiger partial charge on any atom is -0.491 e. The summed E-state index contributed by atoms with van der Waals surface area (Å²) < 4.78 is 6.58. The van der Waals surface area contributed by atoms with Gasteiger partial charge in [-0.05, 0) is 17.7 Å². The van der Waals surface area contributed by atoms with Crippen molar-refractivity contribution in [2.75, 3.05) is 17.7 Å². The Kier molecular flexibility index (Phi) is 6.34. The highest BCUT2D eigenvalue weighted by atomic mass is 35.5. The van der Waals surface area contributed by atoms with E-state index < -0.39 is 0 Å². The van der Waals surface area contributed by atoms with Crippen LogP contribution in [0, 0.1) is 0 Å². The van der Waals surface area contributed by atoms with E-state index in [2.05, 4.69) is 27.6 Å². The summed E-state index contributed by atoms with van der Waals surface area (Å²) >= 11 is 9.22. The maximum atomic E-state index is 6.05. The van der Waals surface area contributed by atoms with Crippen LogP contribution in [0.25, 0.3) is 0 Å². The van der Waals surface area contributed by atoms with Crippen molar-refractivity contribution in [1.82, 2.24) is 10.2 Å². The minimum absolute atomic E-state index is 0.570. The Morgan fingerprint density at radius 1 is 1.04 bits per heavy atom. The predicted octanol–water partition coefficient (Wildman–Crippen LogP) is 4.97. The average molecular weight is 378 g/mol. The second-order valence-corrected chi connectivity index (χ2v) is 7.57. The molecule has 24 heavy (non-hydrogen) atoms. The molecule has 2 aromatic carbocycles. The molecule has 0 amide bonds. The molecule has 0 aliphatic rings. The van der Waals surface area contributed by atoms with Gasteiger partial charge in [-0.1, -0.05) is 77.2 Å². The highest BCUT2D eigenvalue weighted by Gasteiger charge is 2.05. The molecular formula is C17H16ClN3OS2. The second-order valence-electron chi connectivity index (χ2n) is 4.84. The molecule has 124 valence electrons. The van der Waals surface area contributed by atoms with E-state index in [1.165, 1.54) is 5.56 Å². The van der Waals surface area contributed by atoms with Crippen LogP contribution in [-0.2, 0) is 6.54 Å². The van der Waals surface area contributed by atoms with Crippen molar-refractivity contribution in [1.29, 1.82) is 0 Å². The number of anilines is 1. The third-order valence-corrected chi connectivity index (χ3v) is 5.39. The van der Waals surface area contributed by atoms with Crippen molar-refractivity contribution in [3.05, 3.63) is 65.2 Å². The second kappa shape index (κ2) is 8.92. The van der Waals surface area contributed by atoms with Gasteiger partial charge in [0.2, 0.25) is 5.13 Å². The zero-order valence-corrected chi connectivity index (χ0v) is 15.2. The number of ether oxygens (including phenoxy) is 1. The van der Waals surface area contributed by atoms with Crippen LogP contribution in [0.4, 0.5) is 5.13 Å². The smallest absolute Gasteiger partial charge is 0.206 e. The molecule has 4 nitrogen and oxygen atoms in total. The standard InChI is InChI=1S/C17H16ClN3OS2/c18-14-8-4-5-9-15(14)22-10-11-23-17-21-20-16(24-17)19-12-13-6-2-1-3-7-13/h1-9H,10-12H2,(H,19,20). The molecule has 0 aliphatic heterocycles. The summed E-state index contributed by atoms with van der Waals surface area (Å²) in [6.45, 7) is 1.32. The van der Waals surface area contributed by atoms with Gasteiger partial charge in [-0.3, -0.25) is 0 Å². The monoisotopic (exact) mass is 377 g/mol. The normalized spacial score (nSPS) is 10.5. The first-order valence-electron chi connectivity index (χ1n) is 7.43. The van der Waals surface area contributed by atoms with Gasteiger partial charge in [0.15, 0.2) is 4.34 Å². The van der Waals surface area contributed by atoms with E-state index in [1.807, 2.05) is 42.5 Å². The van der Waals surface area contributed by atoms with Crippen LogP contribution in [0.15, 0.2) is 58.9 Å². The molecule has 0 radical (unpaired) electrons. The van der Waals surface area contributed by atoms with E-state index in [-0.39, 0.29) is 0 Å². The molecular weight excluding hydrogens is 362 g/mol. The molecule has 0 unspecified atom stereocenters. The highest BCUT2D eigenvalue weighted by molar-refractivity contribution is 8.01. The van der Waals surface area contributed by atoms with Crippen LogP contribution in [0.1, 0.15) is 5.56 Å². The Morgan fingerprint density at radius 3 is 2.67 bits per heavy atom. The summed E-state index contributed by atoms with van der Waals surface area (Å²) in [5.41, 5.74) is 1.22. The van der Waals surface area contributed by atoms with E-state index in [0.29, 0.717) is 17.4 Å². The van der Waals surface area contributed by atoms with Crippen molar-refractivity contribution in [2.45, 2.75) is 10.9 Å². The van der Waals surface area contributed by atoms with E-state index in [1.54, 1.807) is 23.1 Å². The summed E-state index contributed by atoms with van der Waals surface area (Å²) in [5, 5.41) is 13.1. The maximum absolute atomic E-state index is 6.05. The summed E-state index contributed by atoms with van der Waals surface area (Å²) in [7, 11) is 0. The number of aromatic nitrogens is 2. The highest BCUT2D eigenvalue weighted by Crippen LogP contribution is 2.27. The van der Waals surface area contributed by atoms with Crippen LogP contribution in [0.5, 0.6) is 5.75 Å². The summed E-state index contributed by atoms with van der Waals surface area (Å²) in [4.78, 5) is 0. The molecule has 0 aliphatic carbocycles. The molecule has 0 bridgehead atoms. The van der Waals surface area contributed by atoms with E-state index in [4.69, 9.17) is 16.3 Å². The lowest BCUT2D eigenvalue weighted by atomic mass is 10.2. The van der Waals surface area contributed by atoms with Gasteiger partial charge in [0.05, 0.1) is 11.6 Å². The number of para-hydroxylation sites is 1. The van der Waals surface area contributed by atoms with Gasteiger partial charge in [-0.2, -0.15) is 0 Å². The Labute approximate surface area is 154 Å². The molecule has 0 atom stereocenters. The zero-order chi connectivity index (χ0) is 16.6. The first-order chi connectivity index (χ1) is 11.8. The summed E-state index contributed by atoms with van der Waals surface area (Å²) in [6, 6.07) is 17.7. The Balaban J connectivity index is 1.40. The van der Waals surface area contributed by atoms with Crippen LogP contribution in [0.3, 0.4) is 0 Å². The van der Waals surface area contributed by atoms with Gasteiger partial charge in [0, 0.05) is 12.3 Å². The SMILES string of the molecule is Clc1ccccc1OCCSc1nnc(NCc2ccccc2)s1. The number of benzene rings is 2. The number of thioether (sulfide) groups is 1. The Morgan fingerprint density at radius 2 is 1.83 bits per heavy atom. The van der Waals surface area contributed by atoms with Gasteiger partial charge in [0.25, 0.3) is 0 Å². The molecule has 1 N–H and O–H groups in total. The fraction of sp³-hybridized carbons (Fsp3) is 0.176. The van der Waals surface area contributed by atoms with Crippen molar-refractivity contribution in [2.24, 2.45) is 0 Å². The van der Waals surface area contributed by atoms with Crippen molar-refractivity contribution >= 4 is 39.8 Å². The van der Waals surface area contributed by atoms with Gasteiger partial charge in [-0.15, -0.1) is 10.2 Å². The minimum atomic E-state index is 0.570. The lowest BCUT2D eigenvalue weighted by Crippen LogP contribution is -2.00.